The summed E-state index contributed by atoms with van der Waals surface area (Å²) in [6.07, 6.45) is 1.82. The van der Waals surface area contributed by atoms with Crippen molar-refractivity contribution in [2.45, 2.75) is 26.1 Å². The highest BCUT2D eigenvalue weighted by Crippen LogP contribution is 2.27. The van der Waals surface area contributed by atoms with Gasteiger partial charge in [-0.3, -0.25) is 4.98 Å². The number of fused-ring (bicyclic) bond motifs is 3. The minimum atomic E-state index is 0.259. The number of ether oxygens (including phenoxy) is 1. The van der Waals surface area contributed by atoms with Crippen molar-refractivity contribution in [3.8, 4) is 0 Å². The number of nitrogens with zero attached hydrogens (tertiary/aromatic N) is 3. The number of para-hydroxylation sites is 1. The van der Waals surface area contributed by atoms with Crippen molar-refractivity contribution in [3.05, 3.63) is 59.7 Å². The largest absolute Gasteiger partial charge is 0.371 e. The molecule has 1 N–H and O–H groups in total. The zero-order valence-electron chi connectivity index (χ0n) is 13.2. The van der Waals surface area contributed by atoms with Crippen LogP contribution < -0.4 is 5.32 Å². The van der Waals surface area contributed by atoms with Crippen LogP contribution in [0.2, 0.25) is 0 Å². The first kappa shape index (κ1) is 14.4. The summed E-state index contributed by atoms with van der Waals surface area (Å²) in [5.74, 6) is 1.02. The van der Waals surface area contributed by atoms with Crippen LogP contribution in [0.5, 0.6) is 0 Å². The number of hydrogen-bond donors (Lipinski definition) is 1. The first-order chi connectivity index (χ1) is 11.3. The molecule has 1 unspecified atom stereocenters. The molecule has 0 fully saturated rings. The van der Waals surface area contributed by atoms with Crippen LogP contribution in [0.4, 0.5) is 0 Å². The number of pyridine rings is 1. The Kier molecular flexibility index (Phi) is 3.81. The van der Waals surface area contributed by atoms with Crippen LogP contribution in [0.15, 0.2) is 42.6 Å². The summed E-state index contributed by atoms with van der Waals surface area (Å²) in [6.45, 7) is 5.00. The van der Waals surface area contributed by atoms with Crippen molar-refractivity contribution < 1.29 is 4.74 Å². The topological polar surface area (TPSA) is 52.0 Å². The van der Waals surface area contributed by atoms with Gasteiger partial charge < -0.3 is 14.6 Å². The van der Waals surface area contributed by atoms with Gasteiger partial charge in [0, 0.05) is 19.3 Å². The Morgan fingerprint density at radius 2 is 2.22 bits per heavy atom. The minimum Gasteiger partial charge on any atom is -0.371 e. The highest BCUT2D eigenvalue weighted by Gasteiger charge is 2.24. The molecule has 118 valence electrons. The Morgan fingerprint density at radius 3 is 3.09 bits per heavy atom. The molecule has 0 saturated carbocycles. The molecule has 1 aliphatic heterocycles. The van der Waals surface area contributed by atoms with E-state index in [1.165, 1.54) is 11.1 Å². The highest BCUT2D eigenvalue weighted by molar-refractivity contribution is 5.79. The Morgan fingerprint density at radius 1 is 1.26 bits per heavy atom. The van der Waals surface area contributed by atoms with Crippen molar-refractivity contribution >= 4 is 11.0 Å². The van der Waals surface area contributed by atoms with Crippen molar-refractivity contribution in [1.29, 1.82) is 0 Å². The zero-order chi connectivity index (χ0) is 15.6. The van der Waals surface area contributed by atoms with E-state index in [0.29, 0.717) is 13.2 Å². The van der Waals surface area contributed by atoms with Gasteiger partial charge in [0.05, 0.1) is 29.4 Å². The van der Waals surface area contributed by atoms with Gasteiger partial charge in [-0.15, -0.1) is 0 Å². The fourth-order valence-electron chi connectivity index (χ4n) is 3.20. The number of hydrogen-bond acceptors (Lipinski definition) is 4. The maximum absolute atomic E-state index is 5.74. The average Bonchev–Trinajstić information content (AvgIpc) is 2.97. The monoisotopic (exact) mass is 308 g/mol. The molecule has 5 heteroatoms. The number of aromatic nitrogens is 3. The molecule has 1 aliphatic rings. The predicted octanol–water partition coefficient (Wildman–Crippen LogP) is 2.60. The number of nitrogens with one attached hydrogen (secondary N) is 1. The molecule has 0 bridgehead atoms. The summed E-state index contributed by atoms with van der Waals surface area (Å²) in [6, 6.07) is 12.6. The highest BCUT2D eigenvalue weighted by atomic mass is 16.5. The molecular weight excluding hydrogens is 288 g/mol. The molecule has 1 atom stereocenters. The van der Waals surface area contributed by atoms with Gasteiger partial charge in [0.25, 0.3) is 0 Å². The van der Waals surface area contributed by atoms with Crippen LogP contribution in [-0.2, 0) is 17.9 Å². The van der Waals surface area contributed by atoms with Crippen molar-refractivity contribution in [2.75, 3.05) is 13.2 Å². The second-order valence-corrected chi connectivity index (χ2v) is 5.96. The first-order valence-corrected chi connectivity index (χ1v) is 7.98. The summed E-state index contributed by atoms with van der Waals surface area (Å²) in [4.78, 5) is 9.11. The number of benzene rings is 1. The van der Waals surface area contributed by atoms with Gasteiger partial charge in [-0.25, -0.2) is 4.98 Å². The lowest BCUT2D eigenvalue weighted by Gasteiger charge is -2.26. The van der Waals surface area contributed by atoms with E-state index in [9.17, 15) is 0 Å². The van der Waals surface area contributed by atoms with E-state index in [1.807, 2.05) is 24.4 Å². The van der Waals surface area contributed by atoms with Crippen molar-refractivity contribution in [1.82, 2.24) is 19.9 Å². The molecule has 3 aromatic rings. The Balaban J connectivity index is 1.55. The quantitative estimate of drug-likeness (QED) is 0.805. The lowest BCUT2D eigenvalue weighted by Crippen LogP contribution is -2.32. The van der Waals surface area contributed by atoms with Gasteiger partial charge >= 0.3 is 0 Å². The van der Waals surface area contributed by atoms with Crippen LogP contribution in [0.25, 0.3) is 11.0 Å². The molecule has 0 saturated heterocycles. The Labute approximate surface area is 135 Å². The molecule has 0 amide bonds. The van der Waals surface area contributed by atoms with E-state index in [0.717, 1.165) is 30.1 Å². The van der Waals surface area contributed by atoms with Crippen molar-refractivity contribution in [2.24, 2.45) is 0 Å². The third-order valence-electron chi connectivity index (χ3n) is 4.31. The second kappa shape index (κ2) is 6.10. The molecule has 0 radical (unpaired) electrons. The maximum atomic E-state index is 5.74. The third kappa shape index (κ3) is 2.73. The molecule has 1 aromatic carbocycles. The summed E-state index contributed by atoms with van der Waals surface area (Å²) < 4.78 is 8.07. The molecule has 23 heavy (non-hydrogen) atoms. The van der Waals surface area contributed by atoms with Crippen LogP contribution in [0.3, 0.4) is 0 Å². The first-order valence-electron chi connectivity index (χ1n) is 7.98. The minimum absolute atomic E-state index is 0.259. The van der Waals surface area contributed by atoms with Gasteiger partial charge in [0.15, 0.2) is 0 Å². The lowest BCUT2D eigenvalue weighted by atomic mass is 10.2. The van der Waals surface area contributed by atoms with Crippen molar-refractivity contribution in [3.63, 3.8) is 0 Å². The van der Waals surface area contributed by atoms with E-state index in [4.69, 9.17) is 9.72 Å². The average molecular weight is 308 g/mol. The predicted molar refractivity (Wildman–Crippen MR) is 89.1 cm³/mol. The second-order valence-electron chi connectivity index (χ2n) is 5.96. The molecule has 4 rings (SSSR count). The number of aryl methyl sites for hydroxylation is 1. The summed E-state index contributed by atoms with van der Waals surface area (Å²) in [5.41, 5.74) is 4.55. The summed E-state index contributed by atoms with van der Waals surface area (Å²) >= 11 is 0. The Hall–Kier alpha value is -2.24. The number of imidazole rings is 1. The van der Waals surface area contributed by atoms with Crippen LogP contribution in [0, 0.1) is 6.92 Å². The lowest BCUT2D eigenvalue weighted by molar-refractivity contribution is 0.0564. The fourth-order valence-corrected chi connectivity index (χ4v) is 3.20. The van der Waals surface area contributed by atoms with E-state index >= 15 is 0 Å². The van der Waals surface area contributed by atoms with E-state index in [1.54, 1.807) is 0 Å². The molecule has 0 spiro atoms. The van der Waals surface area contributed by atoms with Crippen LogP contribution >= 0.6 is 0 Å². The molecule has 2 aromatic heterocycles. The Bertz CT molecular complexity index is 813. The van der Waals surface area contributed by atoms with E-state index < -0.39 is 0 Å². The van der Waals surface area contributed by atoms with Gasteiger partial charge in [-0.05, 0) is 30.7 Å². The van der Waals surface area contributed by atoms with Crippen LogP contribution in [-0.4, -0.2) is 27.7 Å². The van der Waals surface area contributed by atoms with Gasteiger partial charge in [-0.2, -0.15) is 0 Å². The smallest absolute Gasteiger partial charge is 0.136 e. The van der Waals surface area contributed by atoms with Gasteiger partial charge in [0.2, 0.25) is 0 Å². The zero-order valence-corrected chi connectivity index (χ0v) is 13.2. The van der Waals surface area contributed by atoms with E-state index in [-0.39, 0.29) is 6.04 Å². The standard InChI is InChI=1S/C18H20N4O/c1-13-5-4-7-16-18(13)21-17-12-23-11-15(22(16)17)10-19-9-14-6-2-3-8-20-14/h2-8,15,19H,9-12H2,1H3. The molecule has 0 aliphatic carbocycles. The van der Waals surface area contributed by atoms with Gasteiger partial charge in [0.1, 0.15) is 12.4 Å². The fraction of sp³-hybridized carbons (Fsp3) is 0.333. The van der Waals surface area contributed by atoms with Crippen LogP contribution in [0.1, 0.15) is 23.1 Å². The molecule has 3 heterocycles. The maximum Gasteiger partial charge on any atom is 0.136 e. The molecular formula is C18H20N4O. The summed E-state index contributed by atoms with van der Waals surface area (Å²) in [7, 11) is 0. The number of rotatable bonds is 4. The van der Waals surface area contributed by atoms with E-state index in [2.05, 4.69) is 40.0 Å². The third-order valence-corrected chi connectivity index (χ3v) is 4.31. The normalized spacial score (nSPS) is 17.3. The summed E-state index contributed by atoms with van der Waals surface area (Å²) in [5, 5.41) is 3.49. The van der Waals surface area contributed by atoms with Gasteiger partial charge in [-0.1, -0.05) is 18.2 Å². The SMILES string of the molecule is Cc1cccc2c1nc1n2C(CNCc2ccccn2)COC1. The molecule has 5 nitrogen and oxygen atoms in total.